The van der Waals surface area contributed by atoms with E-state index < -0.39 is 12.1 Å². The van der Waals surface area contributed by atoms with Crippen molar-refractivity contribution in [3.05, 3.63) is 24.3 Å². The fraction of sp³-hybridized carbons (Fsp3) is 0.917. The van der Waals surface area contributed by atoms with E-state index in [1.807, 2.05) is 0 Å². The average molecular weight is 1100 g/mol. The first-order chi connectivity index (χ1) is 38.5. The molecule has 1 amide bonds. The van der Waals surface area contributed by atoms with E-state index in [4.69, 9.17) is 4.74 Å². The predicted molar refractivity (Wildman–Crippen MR) is 343 cm³/mol. The Morgan fingerprint density at radius 2 is 0.603 bits per heavy atom. The Balaban J connectivity index is 3.40. The molecular formula is C72H139NO5. The maximum Gasteiger partial charge on any atom is 0.305 e. The van der Waals surface area contributed by atoms with E-state index in [1.54, 1.807) is 0 Å². The van der Waals surface area contributed by atoms with Crippen molar-refractivity contribution in [2.75, 3.05) is 13.2 Å². The minimum Gasteiger partial charge on any atom is -0.466 e. The van der Waals surface area contributed by atoms with Crippen LogP contribution in [0.15, 0.2) is 24.3 Å². The van der Waals surface area contributed by atoms with Crippen molar-refractivity contribution in [1.82, 2.24) is 5.32 Å². The zero-order valence-corrected chi connectivity index (χ0v) is 52.9. The van der Waals surface area contributed by atoms with E-state index in [2.05, 4.69) is 43.5 Å². The Bertz CT molecular complexity index is 1220. The van der Waals surface area contributed by atoms with Crippen LogP contribution in [0.3, 0.4) is 0 Å². The number of hydrogen-bond donors (Lipinski definition) is 3. The van der Waals surface area contributed by atoms with Crippen molar-refractivity contribution in [2.45, 2.75) is 411 Å². The normalized spacial score (nSPS) is 12.6. The summed E-state index contributed by atoms with van der Waals surface area (Å²) in [6.45, 7) is 4.96. The highest BCUT2D eigenvalue weighted by Crippen LogP contribution is 2.19. The molecule has 0 spiro atoms. The second kappa shape index (κ2) is 67.8. The van der Waals surface area contributed by atoms with Gasteiger partial charge < -0.3 is 20.3 Å². The fourth-order valence-corrected chi connectivity index (χ4v) is 11.3. The van der Waals surface area contributed by atoms with E-state index in [0.29, 0.717) is 25.9 Å². The number of aliphatic hydroxyl groups excluding tert-OH is 2. The number of nitrogens with one attached hydrogen (secondary N) is 1. The van der Waals surface area contributed by atoms with Crippen LogP contribution < -0.4 is 5.32 Å². The highest BCUT2D eigenvalue weighted by Gasteiger charge is 2.20. The molecule has 0 saturated heterocycles. The van der Waals surface area contributed by atoms with Gasteiger partial charge in [-0.15, -0.1) is 0 Å². The van der Waals surface area contributed by atoms with Gasteiger partial charge in [0.2, 0.25) is 5.91 Å². The second-order valence-corrected chi connectivity index (χ2v) is 24.6. The number of rotatable bonds is 67. The monoisotopic (exact) mass is 1100 g/mol. The molecule has 0 rings (SSSR count). The van der Waals surface area contributed by atoms with Crippen molar-refractivity contribution in [3.63, 3.8) is 0 Å². The molecule has 0 fully saturated rings. The first-order valence-electron chi connectivity index (χ1n) is 35.6. The van der Waals surface area contributed by atoms with Crippen molar-refractivity contribution in [3.8, 4) is 0 Å². The van der Waals surface area contributed by atoms with E-state index >= 15 is 0 Å². The second-order valence-electron chi connectivity index (χ2n) is 24.6. The van der Waals surface area contributed by atoms with Gasteiger partial charge in [0.25, 0.3) is 0 Å². The molecule has 0 saturated carbocycles. The minimum absolute atomic E-state index is 0.00415. The SMILES string of the molecule is CCCCC/C=C\CCCCCCCC(=O)OCCCCCCCCCCCCCC/C=C\CCCCCCCCCCCC(=O)NC(CO)C(O)CCCCCCCCCCCCCCCCCCCCCCCCCC. The molecule has 0 aliphatic carbocycles. The summed E-state index contributed by atoms with van der Waals surface area (Å²) in [4.78, 5) is 24.6. The molecule has 0 aliphatic rings. The smallest absolute Gasteiger partial charge is 0.305 e. The zero-order chi connectivity index (χ0) is 56.4. The first-order valence-corrected chi connectivity index (χ1v) is 35.6. The predicted octanol–water partition coefficient (Wildman–Crippen LogP) is 22.9. The average Bonchev–Trinajstić information content (AvgIpc) is 3.44. The Morgan fingerprint density at radius 3 is 0.936 bits per heavy atom. The Hall–Kier alpha value is -1.66. The van der Waals surface area contributed by atoms with Crippen LogP contribution in [0.2, 0.25) is 0 Å². The standard InChI is InChI=1S/C72H139NO5/c1-3-5-7-9-11-13-15-17-18-19-20-21-22-26-29-32-35-38-41-44-48-52-56-60-64-70(75)69(68-74)73-71(76)65-61-57-53-49-45-42-39-36-33-30-27-24-23-25-28-31-34-37-40-43-47-51-55-59-63-67-78-72(77)66-62-58-54-50-46-16-14-12-10-8-6-4-2/h12,14,24,27,69-70,74-75H,3-11,13,15-23,25-26,28-68H2,1-2H3,(H,73,76)/b14-12-,27-24-. The van der Waals surface area contributed by atoms with Gasteiger partial charge in [-0.1, -0.05) is 334 Å². The van der Waals surface area contributed by atoms with Crippen LogP contribution in [0.25, 0.3) is 0 Å². The number of hydrogen-bond acceptors (Lipinski definition) is 5. The molecule has 0 aromatic heterocycles. The van der Waals surface area contributed by atoms with Crippen LogP contribution in [0.4, 0.5) is 0 Å². The molecule has 0 aromatic rings. The molecule has 0 bridgehead atoms. The number of ether oxygens (including phenoxy) is 1. The maximum absolute atomic E-state index is 12.6. The van der Waals surface area contributed by atoms with Crippen molar-refractivity contribution >= 4 is 11.9 Å². The Morgan fingerprint density at radius 1 is 0.346 bits per heavy atom. The number of carbonyl (C=O) groups is 2. The molecule has 0 heterocycles. The summed E-state index contributed by atoms with van der Waals surface area (Å²) in [5.41, 5.74) is 0. The van der Waals surface area contributed by atoms with Crippen LogP contribution >= 0.6 is 0 Å². The van der Waals surface area contributed by atoms with E-state index in [9.17, 15) is 19.8 Å². The van der Waals surface area contributed by atoms with Gasteiger partial charge in [-0.2, -0.15) is 0 Å². The first kappa shape index (κ1) is 76.3. The number of carbonyl (C=O) groups excluding carboxylic acids is 2. The lowest BCUT2D eigenvalue weighted by Crippen LogP contribution is -2.45. The zero-order valence-electron chi connectivity index (χ0n) is 52.9. The molecule has 2 unspecified atom stereocenters. The molecule has 0 radical (unpaired) electrons. The minimum atomic E-state index is -0.668. The third-order valence-electron chi connectivity index (χ3n) is 16.7. The Labute approximate surface area is 488 Å². The summed E-state index contributed by atoms with van der Waals surface area (Å²) in [5, 5.41) is 23.4. The van der Waals surface area contributed by atoms with Gasteiger partial charge in [0, 0.05) is 12.8 Å². The van der Waals surface area contributed by atoms with Crippen molar-refractivity contribution < 1.29 is 24.5 Å². The van der Waals surface area contributed by atoms with Gasteiger partial charge >= 0.3 is 5.97 Å². The quantitative estimate of drug-likeness (QED) is 0.0320. The molecule has 0 aromatic carbocycles. The van der Waals surface area contributed by atoms with Crippen LogP contribution in [-0.4, -0.2) is 47.4 Å². The summed E-state index contributed by atoms with van der Waals surface area (Å²) in [7, 11) is 0. The summed E-state index contributed by atoms with van der Waals surface area (Å²) >= 11 is 0. The highest BCUT2D eigenvalue weighted by molar-refractivity contribution is 5.76. The number of aliphatic hydroxyl groups is 2. The Kier molecular flexibility index (Phi) is 66.4. The van der Waals surface area contributed by atoms with Gasteiger partial charge in [-0.3, -0.25) is 9.59 Å². The third kappa shape index (κ3) is 63.5. The van der Waals surface area contributed by atoms with Crippen LogP contribution in [0, 0.1) is 0 Å². The summed E-state index contributed by atoms with van der Waals surface area (Å²) in [6.07, 6.45) is 85.1. The van der Waals surface area contributed by atoms with E-state index in [1.165, 1.54) is 321 Å². The van der Waals surface area contributed by atoms with Crippen molar-refractivity contribution in [1.29, 1.82) is 0 Å². The summed E-state index contributed by atoms with van der Waals surface area (Å²) in [6, 6.07) is -0.545. The topological polar surface area (TPSA) is 95.9 Å². The molecule has 0 aliphatic heterocycles. The van der Waals surface area contributed by atoms with E-state index in [-0.39, 0.29) is 18.5 Å². The highest BCUT2D eigenvalue weighted by atomic mass is 16.5. The van der Waals surface area contributed by atoms with Gasteiger partial charge in [-0.05, 0) is 77.0 Å². The molecule has 3 N–H and O–H groups in total. The molecule has 2 atom stereocenters. The van der Waals surface area contributed by atoms with Gasteiger partial charge in [0.1, 0.15) is 0 Å². The summed E-state index contributed by atoms with van der Waals surface area (Å²) < 4.78 is 5.47. The molecule has 6 nitrogen and oxygen atoms in total. The molecular weight excluding hydrogens is 959 g/mol. The number of esters is 1. The molecule has 6 heteroatoms. The van der Waals surface area contributed by atoms with Crippen LogP contribution in [0.1, 0.15) is 399 Å². The van der Waals surface area contributed by atoms with Crippen LogP contribution in [-0.2, 0) is 14.3 Å². The van der Waals surface area contributed by atoms with Gasteiger partial charge in [0.05, 0.1) is 25.4 Å². The molecule has 78 heavy (non-hydrogen) atoms. The summed E-state index contributed by atoms with van der Waals surface area (Å²) in [5.74, 6) is -0.0292. The molecule has 462 valence electrons. The number of allylic oxidation sites excluding steroid dienone is 4. The number of amides is 1. The lowest BCUT2D eigenvalue weighted by Gasteiger charge is -2.22. The lowest BCUT2D eigenvalue weighted by molar-refractivity contribution is -0.143. The van der Waals surface area contributed by atoms with Crippen LogP contribution in [0.5, 0.6) is 0 Å². The van der Waals surface area contributed by atoms with Gasteiger partial charge in [0.15, 0.2) is 0 Å². The number of unbranched alkanes of at least 4 members (excludes halogenated alkanes) is 52. The fourth-order valence-electron chi connectivity index (χ4n) is 11.3. The lowest BCUT2D eigenvalue weighted by atomic mass is 10.0. The van der Waals surface area contributed by atoms with Gasteiger partial charge in [-0.25, -0.2) is 0 Å². The maximum atomic E-state index is 12.6. The van der Waals surface area contributed by atoms with Crippen molar-refractivity contribution in [2.24, 2.45) is 0 Å². The largest absolute Gasteiger partial charge is 0.466 e. The third-order valence-corrected chi connectivity index (χ3v) is 16.7. The van der Waals surface area contributed by atoms with E-state index in [0.717, 1.165) is 44.9 Å².